The molecule has 6 heavy (non-hydrogen) atoms. The Morgan fingerprint density at radius 3 is 2.17 bits per heavy atom. The van der Waals surface area contributed by atoms with Crippen LogP contribution in [0.4, 0.5) is 0 Å². The molecule has 0 atom stereocenters. The molecule has 32 valence electrons. The summed E-state index contributed by atoms with van der Waals surface area (Å²) >= 11 is 0. The van der Waals surface area contributed by atoms with E-state index in [4.69, 9.17) is 0 Å². The van der Waals surface area contributed by atoms with E-state index in [0.29, 0.717) is 0 Å². The first-order chi connectivity index (χ1) is 2.43. The monoisotopic (exact) mass is 110 g/mol. The predicted molar refractivity (Wildman–Crippen MR) is 24.1 cm³/mol. The Kier molecular flexibility index (Phi) is 4.60. The summed E-state index contributed by atoms with van der Waals surface area (Å²) in [6.07, 6.45) is 4.44. The van der Waals surface area contributed by atoms with E-state index in [1.165, 1.54) is 19.3 Å². The fourth-order valence-corrected chi connectivity index (χ4v) is 0.526. The molecule has 0 spiro atoms. The van der Waals surface area contributed by atoms with Crippen LogP contribution in [0.15, 0.2) is 0 Å². The molecule has 0 aromatic rings. The van der Waals surface area contributed by atoms with Gasteiger partial charge in [0.2, 0.25) is 0 Å². The van der Waals surface area contributed by atoms with Crippen molar-refractivity contribution in [1.29, 1.82) is 0 Å². The Labute approximate surface area is 83.6 Å². The molecule has 1 aliphatic rings. The van der Waals surface area contributed by atoms with Gasteiger partial charge in [0, 0.05) is 0 Å². The van der Waals surface area contributed by atoms with E-state index >= 15 is 0 Å². The molecule has 0 nitrogen and oxygen atoms in total. The zero-order chi connectivity index (χ0) is 3.70. The van der Waals surface area contributed by atoms with Crippen molar-refractivity contribution < 1.29 is 52.8 Å². The standard InChI is InChI=1S/C5H10.K.H/c1-2-5-3-4-5;;/h5H,2-4H2,1H3;;/q;+1;-1. The molecule has 0 aliphatic heterocycles. The Morgan fingerprint density at radius 1 is 1.67 bits per heavy atom. The van der Waals surface area contributed by atoms with Gasteiger partial charge in [0.1, 0.15) is 0 Å². The first-order valence-corrected chi connectivity index (χ1v) is 2.43. The van der Waals surface area contributed by atoms with Crippen LogP contribution >= 0.6 is 0 Å². The second kappa shape index (κ2) is 3.62. The van der Waals surface area contributed by atoms with Crippen LogP contribution < -0.4 is 51.4 Å². The maximum atomic E-state index is 2.26. The average Bonchev–Trinajstić information content (AvgIpc) is 2.12. The van der Waals surface area contributed by atoms with Gasteiger partial charge in [0.25, 0.3) is 0 Å². The number of rotatable bonds is 1. The fourth-order valence-electron chi connectivity index (χ4n) is 0.526. The molecule has 0 aromatic heterocycles. The van der Waals surface area contributed by atoms with E-state index in [-0.39, 0.29) is 52.8 Å². The van der Waals surface area contributed by atoms with Crippen LogP contribution in [0.3, 0.4) is 0 Å². The zero-order valence-electron chi connectivity index (χ0n) is 5.70. The third-order valence-corrected chi connectivity index (χ3v) is 1.27. The van der Waals surface area contributed by atoms with Gasteiger partial charge in [-0.15, -0.1) is 0 Å². The average molecular weight is 110 g/mol. The number of hydrogen-bond acceptors (Lipinski definition) is 0. The quantitative estimate of drug-likeness (QED) is 0.377. The summed E-state index contributed by atoms with van der Waals surface area (Å²) in [5, 5.41) is 0. The second-order valence-corrected chi connectivity index (χ2v) is 1.85. The summed E-state index contributed by atoms with van der Waals surface area (Å²) in [5.41, 5.74) is 0. The Bertz CT molecular complexity index is 35.1. The van der Waals surface area contributed by atoms with Gasteiger partial charge in [-0.25, -0.2) is 0 Å². The SMILES string of the molecule is CCC1CC1.[H-].[K+]. The normalized spacial score (nSPS) is 19.5. The van der Waals surface area contributed by atoms with Crippen LogP contribution in [-0.2, 0) is 0 Å². The minimum absolute atomic E-state index is 0. The van der Waals surface area contributed by atoms with Crippen molar-refractivity contribution in [3.63, 3.8) is 0 Å². The molecule has 1 aliphatic carbocycles. The van der Waals surface area contributed by atoms with Gasteiger partial charge < -0.3 is 1.43 Å². The van der Waals surface area contributed by atoms with E-state index in [1.807, 2.05) is 0 Å². The molecule has 1 rings (SSSR count). The van der Waals surface area contributed by atoms with Crippen molar-refractivity contribution in [2.45, 2.75) is 26.2 Å². The smallest absolute Gasteiger partial charge is 1.00 e. The fraction of sp³-hybridized carbons (Fsp3) is 1.00. The Balaban J connectivity index is 0. The summed E-state index contributed by atoms with van der Waals surface area (Å²) in [7, 11) is 0. The molecule has 0 amide bonds. The molecule has 0 bridgehead atoms. The first kappa shape index (κ1) is 7.64. The Morgan fingerprint density at radius 2 is 2.17 bits per heavy atom. The van der Waals surface area contributed by atoms with Gasteiger partial charge in [0.05, 0.1) is 0 Å². The van der Waals surface area contributed by atoms with Crippen molar-refractivity contribution in [2.75, 3.05) is 0 Å². The van der Waals surface area contributed by atoms with Crippen molar-refractivity contribution >= 4 is 0 Å². The van der Waals surface area contributed by atoms with Crippen LogP contribution in [0.5, 0.6) is 0 Å². The molecular formula is C5H11K. The predicted octanol–water partition coefficient (Wildman–Crippen LogP) is -1.08. The van der Waals surface area contributed by atoms with Crippen LogP contribution in [0.2, 0.25) is 0 Å². The van der Waals surface area contributed by atoms with Crippen molar-refractivity contribution in [3.05, 3.63) is 0 Å². The van der Waals surface area contributed by atoms with Crippen LogP contribution in [0.25, 0.3) is 0 Å². The molecule has 1 saturated carbocycles. The topological polar surface area (TPSA) is 0 Å². The van der Waals surface area contributed by atoms with Gasteiger partial charge >= 0.3 is 51.4 Å². The van der Waals surface area contributed by atoms with E-state index in [9.17, 15) is 0 Å². The van der Waals surface area contributed by atoms with E-state index in [1.54, 1.807) is 0 Å². The third-order valence-electron chi connectivity index (χ3n) is 1.27. The summed E-state index contributed by atoms with van der Waals surface area (Å²) in [6, 6.07) is 0. The maximum Gasteiger partial charge on any atom is 1.00 e. The zero-order valence-corrected chi connectivity index (χ0v) is 7.82. The maximum absolute atomic E-state index is 2.26. The minimum atomic E-state index is 0. The molecule has 0 N–H and O–H groups in total. The molecular weight excluding hydrogens is 99.2 g/mol. The summed E-state index contributed by atoms with van der Waals surface area (Å²) < 4.78 is 0. The van der Waals surface area contributed by atoms with Crippen molar-refractivity contribution in [2.24, 2.45) is 5.92 Å². The van der Waals surface area contributed by atoms with Gasteiger partial charge in [-0.2, -0.15) is 0 Å². The summed E-state index contributed by atoms with van der Waals surface area (Å²) in [5.74, 6) is 1.13. The Hall–Kier alpha value is 1.64. The molecule has 1 heteroatoms. The van der Waals surface area contributed by atoms with Crippen LogP contribution in [0.1, 0.15) is 27.6 Å². The van der Waals surface area contributed by atoms with Crippen molar-refractivity contribution in [3.8, 4) is 0 Å². The minimum Gasteiger partial charge on any atom is -1.00 e. The first-order valence-electron chi connectivity index (χ1n) is 2.43. The molecule has 0 saturated heterocycles. The van der Waals surface area contributed by atoms with Crippen LogP contribution in [-0.4, -0.2) is 0 Å². The summed E-state index contributed by atoms with van der Waals surface area (Å²) in [6.45, 7) is 2.26. The largest absolute Gasteiger partial charge is 1.00 e. The van der Waals surface area contributed by atoms with Crippen molar-refractivity contribution in [1.82, 2.24) is 0 Å². The third kappa shape index (κ3) is 2.75. The van der Waals surface area contributed by atoms with Gasteiger partial charge in [-0.05, 0) is 5.92 Å². The summed E-state index contributed by atoms with van der Waals surface area (Å²) in [4.78, 5) is 0. The van der Waals surface area contributed by atoms with Gasteiger partial charge in [-0.3, -0.25) is 0 Å². The van der Waals surface area contributed by atoms with E-state index in [2.05, 4.69) is 6.92 Å². The number of hydrogen-bond donors (Lipinski definition) is 0. The molecule has 0 heterocycles. The molecule has 1 fully saturated rings. The second-order valence-electron chi connectivity index (χ2n) is 1.85. The van der Waals surface area contributed by atoms with Crippen LogP contribution in [0, 0.1) is 5.92 Å². The van der Waals surface area contributed by atoms with E-state index < -0.39 is 0 Å². The molecule has 0 radical (unpaired) electrons. The molecule has 0 unspecified atom stereocenters. The van der Waals surface area contributed by atoms with Gasteiger partial charge in [0.15, 0.2) is 0 Å². The van der Waals surface area contributed by atoms with E-state index in [0.717, 1.165) is 5.92 Å². The molecule has 0 aromatic carbocycles. The van der Waals surface area contributed by atoms with Gasteiger partial charge in [-0.1, -0.05) is 26.2 Å².